The number of aromatic amines is 1. The normalized spacial score (nSPS) is 15.1. The predicted molar refractivity (Wildman–Crippen MR) is 129 cm³/mol. The molecule has 2 aromatic carbocycles. The van der Waals surface area contributed by atoms with Crippen molar-refractivity contribution in [1.29, 1.82) is 0 Å². The van der Waals surface area contributed by atoms with Gasteiger partial charge in [0.15, 0.2) is 0 Å². The molecule has 10 nitrogen and oxygen atoms in total. The van der Waals surface area contributed by atoms with Crippen LogP contribution >= 0.6 is 0 Å². The number of ether oxygens (including phenoxy) is 2. The van der Waals surface area contributed by atoms with Gasteiger partial charge in [0.2, 0.25) is 11.8 Å². The van der Waals surface area contributed by atoms with Gasteiger partial charge in [-0.05, 0) is 17.7 Å². The van der Waals surface area contributed by atoms with Crippen molar-refractivity contribution in [2.75, 3.05) is 14.2 Å². The van der Waals surface area contributed by atoms with Crippen LogP contribution in [-0.2, 0) is 11.3 Å². The molecule has 0 saturated heterocycles. The van der Waals surface area contributed by atoms with Gasteiger partial charge in [0.25, 0.3) is 5.56 Å². The molecule has 1 atom stereocenters. The molecular weight excluding hydrogens is 452 g/mol. The smallest absolute Gasteiger partial charge is 0.331 e. The van der Waals surface area contributed by atoms with E-state index in [2.05, 4.69) is 10.1 Å². The number of carbonyl (C=O) groups excluding carboxylic acids is 1. The third-order valence-electron chi connectivity index (χ3n) is 5.91. The van der Waals surface area contributed by atoms with E-state index >= 15 is 0 Å². The highest BCUT2D eigenvalue weighted by Crippen LogP contribution is 2.39. The number of hydrogen-bond donors (Lipinski definition) is 2. The van der Waals surface area contributed by atoms with Gasteiger partial charge in [0.1, 0.15) is 17.1 Å². The minimum absolute atomic E-state index is 0.0515. The summed E-state index contributed by atoms with van der Waals surface area (Å²) in [6, 6.07) is 13.7. The van der Waals surface area contributed by atoms with Crippen LogP contribution in [0.15, 0.2) is 63.2 Å². The Morgan fingerprint density at radius 2 is 1.89 bits per heavy atom. The van der Waals surface area contributed by atoms with Gasteiger partial charge in [-0.15, -0.1) is 0 Å². The predicted octanol–water partition coefficient (Wildman–Crippen LogP) is 2.40. The highest BCUT2D eigenvalue weighted by molar-refractivity contribution is 6.04. The number of amides is 1. The summed E-state index contributed by atoms with van der Waals surface area (Å²) in [4.78, 5) is 40.3. The lowest BCUT2D eigenvalue weighted by atomic mass is 9.98. The maximum atomic E-state index is 12.8. The SMILES string of the molecule is CCC(=O)N1N=C(c2c(O)n(Cc3ccccc3)c(=O)[nH]c2=O)C[C@@H]1c1ccc(OC)cc1OC. The van der Waals surface area contributed by atoms with E-state index in [9.17, 15) is 19.5 Å². The first-order valence-electron chi connectivity index (χ1n) is 11.1. The van der Waals surface area contributed by atoms with Crippen LogP contribution in [0.2, 0.25) is 0 Å². The number of nitrogens with one attached hydrogen (secondary N) is 1. The van der Waals surface area contributed by atoms with Crippen molar-refractivity contribution in [1.82, 2.24) is 14.6 Å². The van der Waals surface area contributed by atoms with Gasteiger partial charge in [0, 0.05) is 24.5 Å². The third-order valence-corrected chi connectivity index (χ3v) is 5.91. The van der Waals surface area contributed by atoms with E-state index in [0.717, 1.165) is 10.1 Å². The topological polar surface area (TPSA) is 126 Å². The van der Waals surface area contributed by atoms with Crippen molar-refractivity contribution in [3.63, 3.8) is 0 Å². The molecule has 0 radical (unpaired) electrons. The van der Waals surface area contributed by atoms with Crippen LogP contribution in [0.4, 0.5) is 0 Å². The molecule has 35 heavy (non-hydrogen) atoms. The van der Waals surface area contributed by atoms with E-state index in [4.69, 9.17) is 9.47 Å². The first kappa shape index (κ1) is 23.8. The summed E-state index contributed by atoms with van der Waals surface area (Å²) in [6.07, 6.45) is 0.316. The van der Waals surface area contributed by atoms with Gasteiger partial charge >= 0.3 is 5.69 Å². The summed E-state index contributed by atoms with van der Waals surface area (Å²) in [5, 5.41) is 16.7. The Labute approximate surface area is 201 Å². The Morgan fingerprint density at radius 1 is 1.14 bits per heavy atom. The van der Waals surface area contributed by atoms with Crippen LogP contribution in [0.1, 0.15) is 42.5 Å². The second-order valence-electron chi connectivity index (χ2n) is 8.00. The molecule has 0 spiro atoms. The zero-order valence-electron chi connectivity index (χ0n) is 19.6. The van der Waals surface area contributed by atoms with Crippen molar-refractivity contribution in [2.45, 2.75) is 32.4 Å². The van der Waals surface area contributed by atoms with E-state index in [-0.39, 0.29) is 36.6 Å². The molecule has 1 amide bonds. The number of benzene rings is 2. The molecular formula is C25H26N4O6. The molecule has 3 aromatic rings. The van der Waals surface area contributed by atoms with Gasteiger partial charge in [-0.1, -0.05) is 37.3 Å². The zero-order chi connectivity index (χ0) is 25.1. The van der Waals surface area contributed by atoms with E-state index in [1.54, 1.807) is 37.3 Å². The van der Waals surface area contributed by atoms with Crippen LogP contribution in [0.25, 0.3) is 0 Å². The molecule has 0 saturated carbocycles. The van der Waals surface area contributed by atoms with Crippen LogP contribution in [-0.4, -0.2) is 45.5 Å². The van der Waals surface area contributed by atoms with E-state index in [1.165, 1.54) is 19.2 Å². The molecule has 1 aliphatic rings. The average molecular weight is 479 g/mol. The number of methoxy groups -OCH3 is 2. The highest BCUT2D eigenvalue weighted by Gasteiger charge is 2.36. The lowest BCUT2D eigenvalue weighted by Crippen LogP contribution is -2.34. The first-order chi connectivity index (χ1) is 16.9. The first-order valence-corrected chi connectivity index (χ1v) is 11.1. The second kappa shape index (κ2) is 9.88. The van der Waals surface area contributed by atoms with Crippen LogP contribution in [0.5, 0.6) is 17.4 Å². The van der Waals surface area contributed by atoms with Gasteiger partial charge in [-0.2, -0.15) is 5.10 Å². The standard InChI is InChI=1S/C25H26N4O6/c1-4-21(30)29-19(17-11-10-16(34-2)12-20(17)35-3)13-18(27-29)22-23(31)26-25(33)28(24(22)32)14-15-8-6-5-7-9-15/h5-12,19,32H,4,13-14H2,1-3H3,(H,26,31,33)/t19-/m1/s1. The maximum absolute atomic E-state index is 12.8. The Hall–Kier alpha value is -4.34. The number of rotatable bonds is 7. The number of nitrogens with zero attached hydrogens (tertiary/aromatic N) is 3. The molecule has 1 aromatic heterocycles. The summed E-state index contributed by atoms with van der Waals surface area (Å²) in [5.74, 6) is 0.302. The highest BCUT2D eigenvalue weighted by atomic mass is 16.5. The van der Waals surface area contributed by atoms with Gasteiger partial charge in [-0.25, -0.2) is 9.80 Å². The maximum Gasteiger partial charge on any atom is 0.331 e. The van der Waals surface area contributed by atoms with Crippen molar-refractivity contribution in [3.8, 4) is 17.4 Å². The molecule has 182 valence electrons. The molecule has 10 heteroatoms. The van der Waals surface area contributed by atoms with E-state index in [0.29, 0.717) is 17.1 Å². The molecule has 0 fully saturated rings. The van der Waals surface area contributed by atoms with Crippen molar-refractivity contribution in [2.24, 2.45) is 5.10 Å². The minimum Gasteiger partial charge on any atom is -0.497 e. The monoisotopic (exact) mass is 478 g/mol. The molecule has 0 aliphatic carbocycles. The number of H-pyrrole nitrogens is 1. The van der Waals surface area contributed by atoms with Crippen LogP contribution < -0.4 is 20.7 Å². The van der Waals surface area contributed by atoms with E-state index in [1.807, 2.05) is 18.2 Å². The third kappa shape index (κ3) is 4.54. The Kier molecular flexibility index (Phi) is 6.72. The summed E-state index contributed by atoms with van der Waals surface area (Å²) >= 11 is 0. The number of carbonyl (C=O) groups is 1. The quantitative estimate of drug-likeness (QED) is 0.537. The number of hydrazone groups is 1. The number of aromatic hydroxyl groups is 1. The summed E-state index contributed by atoms with van der Waals surface area (Å²) in [7, 11) is 3.05. The van der Waals surface area contributed by atoms with Gasteiger partial charge in [-0.3, -0.25) is 19.1 Å². The molecule has 2 N–H and O–H groups in total. The van der Waals surface area contributed by atoms with Crippen molar-refractivity contribution in [3.05, 3.63) is 86.1 Å². The molecule has 2 heterocycles. The molecule has 1 aliphatic heterocycles. The summed E-state index contributed by atoms with van der Waals surface area (Å²) in [6.45, 7) is 1.76. The van der Waals surface area contributed by atoms with Crippen LogP contribution in [0, 0.1) is 0 Å². The minimum atomic E-state index is -0.776. The fourth-order valence-electron chi connectivity index (χ4n) is 4.12. The fraction of sp³-hybridized carbons (Fsp3) is 0.280. The van der Waals surface area contributed by atoms with Crippen molar-refractivity contribution < 1.29 is 19.4 Å². The Bertz CT molecular complexity index is 1390. The molecule has 0 unspecified atom stereocenters. The van der Waals surface area contributed by atoms with E-state index < -0.39 is 23.2 Å². The summed E-state index contributed by atoms with van der Waals surface area (Å²) in [5.41, 5.74) is -0.0442. The lowest BCUT2D eigenvalue weighted by molar-refractivity contribution is -0.132. The van der Waals surface area contributed by atoms with Gasteiger partial charge < -0.3 is 14.6 Å². The number of hydrogen-bond acceptors (Lipinski definition) is 7. The Morgan fingerprint density at radius 3 is 2.54 bits per heavy atom. The average Bonchev–Trinajstić information content (AvgIpc) is 3.30. The zero-order valence-corrected chi connectivity index (χ0v) is 19.6. The fourth-order valence-corrected chi connectivity index (χ4v) is 4.12. The largest absolute Gasteiger partial charge is 0.497 e. The van der Waals surface area contributed by atoms with Crippen molar-refractivity contribution >= 4 is 11.6 Å². The van der Waals surface area contributed by atoms with Crippen LogP contribution in [0.3, 0.4) is 0 Å². The van der Waals surface area contributed by atoms with Gasteiger partial charge in [0.05, 0.1) is 32.5 Å². The molecule has 0 bridgehead atoms. The Balaban J connectivity index is 1.79. The summed E-state index contributed by atoms with van der Waals surface area (Å²) < 4.78 is 11.9. The second-order valence-corrected chi connectivity index (χ2v) is 8.00. The molecule has 4 rings (SSSR count). The number of aromatic nitrogens is 2. The lowest BCUT2D eigenvalue weighted by Gasteiger charge is -2.23.